The van der Waals surface area contributed by atoms with Crippen molar-refractivity contribution in [2.45, 2.75) is 38.5 Å². The maximum atomic E-state index is 12.6. The number of ketones is 1. The Morgan fingerprint density at radius 3 is 2.68 bits per heavy atom. The van der Waals surface area contributed by atoms with Crippen LogP contribution in [-0.2, 0) is 12.8 Å². The first kappa shape index (κ1) is 16.3. The van der Waals surface area contributed by atoms with Crippen molar-refractivity contribution in [3.8, 4) is 0 Å². The van der Waals surface area contributed by atoms with Crippen LogP contribution >= 0.6 is 11.3 Å². The van der Waals surface area contributed by atoms with Crippen LogP contribution in [0.3, 0.4) is 0 Å². The van der Waals surface area contributed by atoms with Gasteiger partial charge in [0.15, 0.2) is 5.78 Å². The average Bonchev–Trinajstić information content (AvgIpc) is 3.27. The summed E-state index contributed by atoms with van der Waals surface area (Å²) in [6.45, 7) is 0. The summed E-state index contributed by atoms with van der Waals surface area (Å²) in [5.41, 5.74) is 1.59. The van der Waals surface area contributed by atoms with Crippen LogP contribution < -0.4 is 5.32 Å². The van der Waals surface area contributed by atoms with E-state index in [1.165, 1.54) is 22.3 Å². The van der Waals surface area contributed by atoms with Gasteiger partial charge >= 0.3 is 0 Å². The van der Waals surface area contributed by atoms with Gasteiger partial charge in [-0.05, 0) is 49.8 Å². The molecule has 1 N–H and O–H groups in total. The summed E-state index contributed by atoms with van der Waals surface area (Å²) in [5, 5.41) is 3.39. The Labute approximate surface area is 147 Å². The van der Waals surface area contributed by atoms with Crippen LogP contribution in [-0.4, -0.2) is 16.7 Å². The number of rotatable bonds is 5. The first-order valence-corrected chi connectivity index (χ1v) is 9.10. The molecular weight excluding hydrogens is 346 g/mol. The minimum Gasteiger partial charge on any atom is -0.313 e. The van der Waals surface area contributed by atoms with E-state index < -0.39 is 12.3 Å². The average molecular weight is 362 g/mol. The lowest BCUT2D eigenvalue weighted by atomic mass is 10.0. The van der Waals surface area contributed by atoms with Crippen molar-refractivity contribution in [1.29, 1.82) is 0 Å². The van der Waals surface area contributed by atoms with Crippen molar-refractivity contribution in [3.05, 3.63) is 45.6 Å². The van der Waals surface area contributed by atoms with Crippen molar-refractivity contribution in [3.63, 3.8) is 0 Å². The molecule has 0 aromatic carbocycles. The van der Waals surface area contributed by atoms with Gasteiger partial charge < -0.3 is 5.32 Å². The van der Waals surface area contributed by atoms with Crippen LogP contribution in [0.2, 0.25) is 0 Å². The van der Waals surface area contributed by atoms with Crippen LogP contribution in [0, 0.1) is 5.92 Å². The molecule has 2 aliphatic rings. The van der Waals surface area contributed by atoms with E-state index >= 15 is 0 Å². The number of carbonyl (C=O) groups is 2. The number of anilines is 1. The number of aromatic nitrogens is 1. The zero-order chi connectivity index (χ0) is 17.6. The first-order chi connectivity index (χ1) is 12.0. The molecule has 4 nitrogen and oxygen atoms in total. The third-order valence-electron chi connectivity index (χ3n) is 4.62. The van der Waals surface area contributed by atoms with Gasteiger partial charge in [0.2, 0.25) is 0 Å². The summed E-state index contributed by atoms with van der Waals surface area (Å²) in [7, 11) is 0. The Morgan fingerprint density at radius 2 is 2.04 bits per heavy atom. The number of fused-ring (bicyclic) bond motifs is 1. The fourth-order valence-corrected chi connectivity index (χ4v) is 4.44. The zero-order valence-corrected chi connectivity index (χ0v) is 14.2. The van der Waals surface area contributed by atoms with E-state index in [1.807, 2.05) is 0 Å². The van der Waals surface area contributed by atoms with Crippen LogP contribution in [0.1, 0.15) is 62.5 Å². The van der Waals surface area contributed by atoms with E-state index in [-0.39, 0.29) is 23.0 Å². The van der Waals surface area contributed by atoms with E-state index in [1.54, 1.807) is 0 Å². The largest absolute Gasteiger partial charge is 0.313 e. The van der Waals surface area contributed by atoms with Gasteiger partial charge in [0.05, 0.1) is 11.1 Å². The van der Waals surface area contributed by atoms with Gasteiger partial charge in [-0.15, -0.1) is 11.3 Å². The molecule has 2 heterocycles. The normalized spacial score (nSPS) is 16.1. The van der Waals surface area contributed by atoms with E-state index in [2.05, 4.69) is 10.3 Å². The number of halogens is 2. The molecule has 7 heteroatoms. The van der Waals surface area contributed by atoms with Gasteiger partial charge in [0.1, 0.15) is 10.7 Å². The minimum atomic E-state index is -2.67. The summed E-state index contributed by atoms with van der Waals surface area (Å²) in [4.78, 5) is 29.9. The molecule has 1 fully saturated rings. The van der Waals surface area contributed by atoms with Crippen LogP contribution in [0.5, 0.6) is 0 Å². The van der Waals surface area contributed by atoms with Crippen molar-refractivity contribution in [1.82, 2.24) is 4.98 Å². The third-order valence-corrected chi connectivity index (χ3v) is 5.82. The highest BCUT2D eigenvalue weighted by atomic mass is 32.1. The van der Waals surface area contributed by atoms with Gasteiger partial charge in [-0.3, -0.25) is 14.6 Å². The molecule has 4 rings (SSSR count). The maximum Gasteiger partial charge on any atom is 0.280 e. The highest BCUT2D eigenvalue weighted by Crippen LogP contribution is 2.43. The third kappa shape index (κ3) is 3.08. The maximum absolute atomic E-state index is 12.6. The second-order valence-electron chi connectivity index (χ2n) is 6.43. The Bertz CT molecular complexity index is 842. The molecule has 0 aliphatic heterocycles. The number of nitrogens with zero attached hydrogens (tertiary/aromatic N) is 1. The SMILES string of the molecule is O=C(Nc1sc2c(c1C(=O)C1CC1)CCC2)c1ccc(C(F)F)nc1. The van der Waals surface area contributed by atoms with E-state index in [0.29, 0.717) is 10.6 Å². The topological polar surface area (TPSA) is 59.1 Å². The van der Waals surface area contributed by atoms with Crippen LogP contribution in [0.4, 0.5) is 13.8 Å². The van der Waals surface area contributed by atoms with Gasteiger partial charge in [0.25, 0.3) is 12.3 Å². The molecule has 2 aromatic heterocycles. The molecule has 0 bridgehead atoms. The Balaban J connectivity index is 1.60. The molecular formula is C18H16F2N2O2S. The molecule has 0 spiro atoms. The summed E-state index contributed by atoms with van der Waals surface area (Å²) in [5.74, 6) is -0.221. The first-order valence-electron chi connectivity index (χ1n) is 8.29. The number of thiophene rings is 1. The number of pyridine rings is 1. The molecule has 1 amide bonds. The number of hydrogen-bond acceptors (Lipinski definition) is 4. The van der Waals surface area contributed by atoms with Gasteiger partial charge in [-0.25, -0.2) is 8.78 Å². The molecule has 2 aliphatic carbocycles. The fourth-order valence-electron chi connectivity index (χ4n) is 3.15. The number of hydrogen-bond donors (Lipinski definition) is 1. The second kappa shape index (κ2) is 6.29. The fraction of sp³-hybridized carbons (Fsp3) is 0.389. The van der Waals surface area contributed by atoms with Crippen LogP contribution in [0.15, 0.2) is 18.3 Å². The lowest BCUT2D eigenvalue weighted by Gasteiger charge is -2.08. The molecule has 25 heavy (non-hydrogen) atoms. The zero-order valence-electron chi connectivity index (χ0n) is 13.4. The Kier molecular flexibility index (Phi) is 4.11. The van der Waals surface area contributed by atoms with Gasteiger partial charge in [-0.2, -0.15) is 0 Å². The molecule has 0 saturated heterocycles. The molecule has 2 aromatic rings. The van der Waals surface area contributed by atoms with Crippen molar-refractivity contribution >= 4 is 28.0 Å². The van der Waals surface area contributed by atoms with E-state index in [0.717, 1.165) is 49.9 Å². The summed E-state index contributed by atoms with van der Waals surface area (Å²) >= 11 is 1.46. The lowest BCUT2D eigenvalue weighted by molar-refractivity contribution is 0.0968. The molecule has 1 saturated carbocycles. The number of alkyl halides is 2. The standard InChI is InChI=1S/C18H16F2N2O2S/c19-16(20)12-7-6-10(8-21-12)17(24)22-18-14(15(23)9-4-5-9)11-2-1-3-13(11)25-18/h6-9,16H,1-5H2,(H,22,24). The van der Waals surface area contributed by atoms with Crippen molar-refractivity contribution in [2.75, 3.05) is 5.32 Å². The number of Topliss-reactive ketones (excluding diaryl/α,β-unsaturated/α-hetero) is 1. The minimum absolute atomic E-state index is 0.0851. The lowest BCUT2D eigenvalue weighted by Crippen LogP contribution is -2.15. The number of nitrogens with one attached hydrogen (secondary N) is 1. The summed E-state index contributed by atoms with van der Waals surface area (Å²) < 4.78 is 25.1. The second-order valence-corrected chi connectivity index (χ2v) is 7.53. The van der Waals surface area contributed by atoms with Crippen molar-refractivity contribution < 1.29 is 18.4 Å². The monoisotopic (exact) mass is 362 g/mol. The van der Waals surface area contributed by atoms with Gasteiger partial charge in [-0.1, -0.05) is 0 Å². The molecule has 0 radical (unpaired) electrons. The Hall–Kier alpha value is -2.15. The predicted molar refractivity (Wildman–Crippen MR) is 90.5 cm³/mol. The molecule has 0 unspecified atom stereocenters. The predicted octanol–water partition coefficient (Wildman–Crippen LogP) is 4.41. The van der Waals surface area contributed by atoms with Gasteiger partial charge in [0, 0.05) is 17.0 Å². The highest BCUT2D eigenvalue weighted by molar-refractivity contribution is 7.17. The highest BCUT2D eigenvalue weighted by Gasteiger charge is 2.36. The van der Waals surface area contributed by atoms with Crippen LogP contribution in [0.25, 0.3) is 0 Å². The number of aryl methyl sites for hydroxylation is 1. The van der Waals surface area contributed by atoms with Crippen molar-refractivity contribution in [2.24, 2.45) is 5.92 Å². The summed E-state index contributed by atoms with van der Waals surface area (Å²) in [6, 6.07) is 2.47. The smallest absolute Gasteiger partial charge is 0.280 e. The molecule has 0 atom stereocenters. The summed E-state index contributed by atoms with van der Waals surface area (Å²) in [6.07, 6.45) is 3.15. The molecule has 130 valence electrons. The Morgan fingerprint density at radius 1 is 1.24 bits per heavy atom. The number of carbonyl (C=O) groups excluding carboxylic acids is 2. The van der Waals surface area contributed by atoms with E-state index in [9.17, 15) is 18.4 Å². The quantitative estimate of drug-likeness (QED) is 0.801. The van der Waals surface area contributed by atoms with E-state index in [4.69, 9.17) is 0 Å². The number of amides is 1.